The van der Waals surface area contributed by atoms with Gasteiger partial charge in [-0.15, -0.1) is 11.3 Å². The third-order valence-corrected chi connectivity index (χ3v) is 5.53. The van der Waals surface area contributed by atoms with Gasteiger partial charge in [0.1, 0.15) is 0 Å². The van der Waals surface area contributed by atoms with Crippen LogP contribution >= 0.6 is 11.3 Å². The van der Waals surface area contributed by atoms with Gasteiger partial charge in [-0.05, 0) is 30.4 Å². The minimum absolute atomic E-state index is 0.484. The average Bonchev–Trinajstić information content (AvgIpc) is 3.26. The molecule has 1 aromatic carbocycles. The molecule has 0 aliphatic heterocycles. The van der Waals surface area contributed by atoms with E-state index in [0.717, 1.165) is 29.6 Å². The molecule has 1 aromatic heterocycles. The Morgan fingerprint density at radius 1 is 1.32 bits per heavy atom. The van der Waals surface area contributed by atoms with Gasteiger partial charge < -0.3 is 10.6 Å². The van der Waals surface area contributed by atoms with Crippen LogP contribution in [0.25, 0.3) is 0 Å². The summed E-state index contributed by atoms with van der Waals surface area (Å²) in [4.78, 5) is 8.84. The number of benzene rings is 1. The molecular weight excluding hydrogens is 328 g/mol. The normalized spacial score (nSPS) is 20.0. The lowest BCUT2D eigenvalue weighted by Crippen LogP contribution is -2.39. The van der Waals surface area contributed by atoms with E-state index in [0.29, 0.717) is 17.9 Å². The Morgan fingerprint density at radius 2 is 2.08 bits per heavy atom. The largest absolute Gasteiger partial charge is 0.356 e. The maximum absolute atomic E-state index is 4.50. The summed E-state index contributed by atoms with van der Waals surface area (Å²) in [5.74, 6) is 2.07. The molecule has 1 aliphatic rings. The summed E-state index contributed by atoms with van der Waals surface area (Å²) in [6, 6.07) is 9.57. The Morgan fingerprint density at radius 3 is 2.68 bits per heavy atom. The molecule has 1 saturated carbocycles. The second kappa shape index (κ2) is 8.00. The van der Waals surface area contributed by atoms with E-state index in [-0.39, 0.29) is 0 Å². The molecule has 2 N–H and O–H groups in total. The van der Waals surface area contributed by atoms with Crippen LogP contribution in [0, 0.1) is 6.92 Å². The summed E-state index contributed by atoms with van der Waals surface area (Å²) >= 11 is 1.71. The van der Waals surface area contributed by atoms with Gasteiger partial charge in [-0.25, -0.2) is 4.98 Å². The maximum atomic E-state index is 4.50. The van der Waals surface area contributed by atoms with Crippen LogP contribution in [0.5, 0.6) is 0 Å². The predicted octanol–water partition coefficient (Wildman–Crippen LogP) is 3.84. The highest BCUT2D eigenvalue weighted by molar-refractivity contribution is 7.09. The maximum Gasteiger partial charge on any atom is 0.191 e. The lowest BCUT2D eigenvalue weighted by atomic mass is 10.0. The Bertz CT molecular complexity index is 718. The smallest absolute Gasteiger partial charge is 0.191 e. The number of nitrogens with one attached hydrogen (secondary N) is 2. The fraction of sp³-hybridized carbons (Fsp3) is 0.500. The zero-order valence-electron chi connectivity index (χ0n) is 15.5. The second-order valence-corrected chi connectivity index (χ2v) is 8.08. The number of hydrogen-bond acceptors (Lipinski definition) is 3. The Kier molecular flexibility index (Phi) is 5.74. The molecule has 0 bridgehead atoms. The summed E-state index contributed by atoms with van der Waals surface area (Å²) in [6.45, 7) is 7.37. The molecule has 134 valence electrons. The summed E-state index contributed by atoms with van der Waals surface area (Å²) < 4.78 is 0. The first-order valence-corrected chi connectivity index (χ1v) is 9.93. The predicted molar refractivity (Wildman–Crippen MR) is 107 cm³/mol. The van der Waals surface area contributed by atoms with Crippen LogP contribution in [0.15, 0.2) is 34.6 Å². The SMILES string of the molecule is CN=C(NCCc1csc(C)n1)NC1CC1c1ccc(C(C)C)cc1. The van der Waals surface area contributed by atoms with Crippen molar-refractivity contribution in [1.82, 2.24) is 15.6 Å². The van der Waals surface area contributed by atoms with Crippen LogP contribution in [0.3, 0.4) is 0 Å². The van der Waals surface area contributed by atoms with Gasteiger partial charge in [0.25, 0.3) is 0 Å². The molecule has 0 amide bonds. The zero-order chi connectivity index (χ0) is 17.8. The number of guanidine groups is 1. The quantitative estimate of drug-likeness (QED) is 0.611. The molecule has 2 aromatic rings. The first-order chi connectivity index (χ1) is 12.1. The molecule has 1 heterocycles. The number of aliphatic imine (C=N–C) groups is 1. The van der Waals surface area contributed by atoms with E-state index in [1.165, 1.54) is 17.5 Å². The van der Waals surface area contributed by atoms with Crippen LogP contribution in [0.4, 0.5) is 0 Å². The van der Waals surface area contributed by atoms with Crippen molar-refractivity contribution in [2.75, 3.05) is 13.6 Å². The van der Waals surface area contributed by atoms with Crippen molar-refractivity contribution in [2.24, 2.45) is 4.99 Å². The highest BCUT2D eigenvalue weighted by Crippen LogP contribution is 2.41. The van der Waals surface area contributed by atoms with E-state index in [9.17, 15) is 0 Å². The van der Waals surface area contributed by atoms with Crippen LogP contribution in [-0.2, 0) is 6.42 Å². The molecule has 0 radical (unpaired) electrons. The molecule has 2 unspecified atom stereocenters. The van der Waals surface area contributed by atoms with Crippen molar-refractivity contribution in [3.63, 3.8) is 0 Å². The fourth-order valence-electron chi connectivity index (χ4n) is 3.05. The average molecular weight is 357 g/mol. The number of nitrogens with zero attached hydrogens (tertiary/aromatic N) is 2. The number of thiazole rings is 1. The van der Waals surface area contributed by atoms with Gasteiger partial charge in [-0.2, -0.15) is 0 Å². The van der Waals surface area contributed by atoms with E-state index in [2.05, 4.69) is 64.1 Å². The van der Waals surface area contributed by atoms with Gasteiger partial charge in [0.2, 0.25) is 0 Å². The van der Waals surface area contributed by atoms with E-state index in [4.69, 9.17) is 0 Å². The molecule has 25 heavy (non-hydrogen) atoms. The van der Waals surface area contributed by atoms with Gasteiger partial charge in [0.15, 0.2) is 5.96 Å². The number of hydrogen-bond donors (Lipinski definition) is 2. The second-order valence-electron chi connectivity index (χ2n) is 7.02. The Labute approximate surface area is 154 Å². The summed E-state index contributed by atoms with van der Waals surface area (Å²) in [6.07, 6.45) is 2.10. The number of aromatic nitrogens is 1. The van der Waals surface area contributed by atoms with Crippen molar-refractivity contribution in [3.05, 3.63) is 51.5 Å². The van der Waals surface area contributed by atoms with Crippen molar-refractivity contribution >= 4 is 17.3 Å². The molecule has 0 spiro atoms. The molecule has 0 saturated heterocycles. The lowest BCUT2D eigenvalue weighted by molar-refractivity contribution is 0.773. The fourth-order valence-corrected chi connectivity index (χ4v) is 3.70. The van der Waals surface area contributed by atoms with Crippen molar-refractivity contribution in [2.45, 2.75) is 51.5 Å². The molecular formula is C20H28N4S. The molecule has 4 nitrogen and oxygen atoms in total. The highest BCUT2D eigenvalue weighted by Gasteiger charge is 2.38. The topological polar surface area (TPSA) is 49.3 Å². The van der Waals surface area contributed by atoms with E-state index in [1.54, 1.807) is 11.3 Å². The van der Waals surface area contributed by atoms with Crippen LogP contribution < -0.4 is 10.6 Å². The van der Waals surface area contributed by atoms with Crippen molar-refractivity contribution in [3.8, 4) is 0 Å². The summed E-state index contributed by atoms with van der Waals surface area (Å²) in [5, 5.41) is 10.2. The molecule has 3 rings (SSSR count). The minimum Gasteiger partial charge on any atom is -0.356 e. The van der Waals surface area contributed by atoms with Gasteiger partial charge in [-0.3, -0.25) is 4.99 Å². The third-order valence-electron chi connectivity index (χ3n) is 4.71. The molecule has 5 heteroatoms. The summed E-state index contributed by atoms with van der Waals surface area (Å²) in [5.41, 5.74) is 3.99. The van der Waals surface area contributed by atoms with Crippen LogP contribution in [0.2, 0.25) is 0 Å². The number of aryl methyl sites for hydroxylation is 1. The standard InChI is InChI=1S/C20H28N4S/c1-13(2)15-5-7-16(8-6-15)18-11-19(18)24-20(21-4)22-10-9-17-12-25-14(3)23-17/h5-8,12-13,18-19H,9-11H2,1-4H3,(H2,21,22,24). The van der Waals surface area contributed by atoms with Crippen LogP contribution in [0.1, 0.15) is 53.9 Å². The lowest BCUT2D eigenvalue weighted by Gasteiger charge is -2.12. The molecule has 1 fully saturated rings. The third kappa shape index (κ3) is 4.82. The van der Waals surface area contributed by atoms with Crippen molar-refractivity contribution < 1.29 is 0 Å². The summed E-state index contributed by atoms with van der Waals surface area (Å²) in [7, 11) is 1.83. The monoisotopic (exact) mass is 356 g/mol. The Hall–Kier alpha value is -1.88. The minimum atomic E-state index is 0.484. The Balaban J connectivity index is 1.45. The zero-order valence-corrected chi connectivity index (χ0v) is 16.4. The van der Waals surface area contributed by atoms with Gasteiger partial charge >= 0.3 is 0 Å². The van der Waals surface area contributed by atoms with Crippen molar-refractivity contribution in [1.29, 1.82) is 0 Å². The number of rotatable bonds is 6. The first kappa shape index (κ1) is 17.9. The first-order valence-electron chi connectivity index (χ1n) is 9.05. The molecule has 1 aliphatic carbocycles. The van der Waals surface area contributed by atoms with E-state index in [1.807, 2.05) is 14.0 Å². The van der Waals surface area contributed by atoms with Crippen LogP contribution in [-0.4, -0.2) is 30.6 Å². The highest BCUT2D eigenvalue weighted by atomic mass is 32.1. The van der Waals surface area contributed by atoms with E-state index >= 15 is 0 Å². The van der Waals surface area contributed by atoms with Gasteiger partial charge in [0, 0.05) is 37.4 Å². The van der Waals surface area contributed by atoms with E-state index < -0.39 is 0 Å². The molecule has 2 atom stereocenters. The van der Waals surface area contributed by atoms with Gasteiger partial charge in [0.05, 0.1) is 10.7 Å². The van der Waals surface area contributed by atoms with Gasteiger partial charge in [-0.1, -0.05) is 38.1 Å².